The van der Waals surface area contributed by atoms with Crippen LogP contribution < -0.4 is 5.32 Å². The van der Waals surface area contributed by atoms with Crippen molar-refractivity contribution in [2.75, 3.05) is 6.54 Å². The van der Waals surface area contributed by atoms with Gasteiger partial charge in [0.2, 0.25) is 5.91 Å². The van der Waals surface area contributed by atoms with Gasteiger partial charge in [0.1, 0.15) is 6.33 Å². The third kappa shape index (κ3) is 3.61. The first-order valence-electron chi connectivity index (χ1n) is 8.19. The van der Waals surface area contributed by atoms with Gasteiger partial charge < -0.3 is 14.8 Å². The zero-order valence-corrected chi connectivity index (χ0v) is 13.7. The van der Waals surface area contributed by atoms with Crippen LogP contribution in [0.4, 0.5) is 0 Å². The molecule has 2 amide bonds. The van der Waals surface area contributed by atoms with Crippen LogP contribution in [0.3, 0.4) is 0 Å². The van der Waals surface area contributed by atoms with Gasteiger partial charge in [0, 0.05) is 31.6 Å². The van der Waals surface area contributed by atoms with E-state index in [1.54, 1.807) is 18.5 Å². The fourth-order valence-corrected chi connectivity index (χ4v) is 2.79. The zero-order chi connectivity index (χ0) is 16.9. The lowest BCUT2D eigenvalue weighted by Crippen LogP contribution is -2.25. The Morgan fingerprint density at radius 3 is 2.75 bits per heavy atom. The predicted octanol–water partition coefficient (Wildman–Crippen LogP) is 1.35. The van der Waals surface area contributed by atoms with Gasteiger partial charge in [-0.3, -0.25) is 9.59 Å². The van der Waals surface area contributed by atoms with Gasteiger partial charge in [0.05, 0.1) is 6.54 Å². The molecular formula is C17H21N5O2. The van der Waals surface area contributed by atoms with Crippen molar-refractivity contribution in [2.45, 2.75) is 39.4 Å². The van der Waals surface area contributed by atoms with E-state index in [0.717, 1.165) is 30.9 Å². The molecular weight excluding hydrogens is 306 g/mol. The van der Waals surface area contributed by atoms with Crippen LogP contribution in [0.15, 0.2) is 30.6 Å². The average molecular weight is 327 g/mol. The Labute approximate surface area is 140 Å². The van der Waals surface area contributed by atoms with Crippen LogP contribution in [0.1, 0.15) is 41.5 Å². The van der Waals surface area contributed by atoms with Crippen LogP contribution in [-0.2, 0) is 24.4 Å². The number of hydrogen-bond donors (Lipinski definition) is 1. The van der Waals surface area contributed by atoms with Crippen LogP contribution >= 0.6 is 0 Å². The van der Waals surface area contributed by atoms with Gasteiger partial charge in [0.15, 0.2) is 5.82 Å². The van der Waals surface area contributed by atoms with Crippen molar-refractivity contribution >= 4 is 11.8 Å². The first-order chi connectivity index (χ1) is 11.7. The summed E-state index contributed by atoms with van der Waals surface area (Å²) in [7, 11) is 0. The molecule has 1 aromatic heterocycles. The summed E-state index contributed by atoms with van der Waals surface area (Å²) in [5.41, 5.74) is 1.63. The molecule has 2 heterocycles. The summed E-state index contributed by atoms with van der Waals surface area (Å²) in [6.07, 6.45) is 3.22. The standard InChI is InChI=1S/C17H21N5O2/c1-2-21-12-19-20-15(21)10-18-17(24)14-7-5-13(6-8-14)11-22-9-3-4-16(22)23/h5-8,12H,2-4,9-11H2,1H3,(H,18,24). The van der Waals surface area contributed by atoms with Gasteiger partial charge in [-0.15, -0.1) is 10.2 Å². The normalized spacial score (nSPS) is 14.2. The van der Waals surface area contributed by atoms with Crippen LogP contribution in [0.25, 0.3) is 0 Å². The lowest BCUT2D eigenvalue weighted by atomic mass is 10.1. The Morgan fingerprint density at radius 2 is 2.08 bits per heavy atom. The Bertz CT molecular complexity index is 723. The number of rotatable bonds is 6. The minimum absolute atomic E-state index is 0.149. The Hall–Kier alpha value is -2.70. The van der Waals surface area contributed by atoms with Gasteiger partial charge in [-0.1, -0.05) is 12.1 Å². The predicted molar refractivity (Wildman–Crippen MR) is 88.0 cm³/mol. The first-order valence-corrected chi connectivity index (χ1v) is 8.19. The van der Waals surface area contributed by atoms with Gasteiger partial charge in [0.25, 0.3) is 5.91 Å². The van der Waals surface area contributed by atoms with E-state index in [1.807, 2.05) is 28.5 Å². The summed E-state index contributed by atoms with van der Waals surface area (Å²) in [6.45, 7) is 4.54. The minimum Gasteiger partial charge on any atom is -0.345 e. The minimum atomic E-state index is -0.149. The van der Waals surface area contributed by atoms with Crippen LogP contribution in [0.2, 0.25) is 0 Å². The van der Waals surface area contributed by atoms with Crippen LogP contribution in [-0.4, -0.2) is 38.0 Å². The number of aryl methyl sites for hydroxylation is 1. The third-order valence-electron chi connectivity index (χ3n) is 4.20. The molecule has 1 fully saturated rings. The molecule has 0 saturated carbocycles. The van der Waals surface area contributed by atoms with E-state index in [0.29, 0.717) is 25.1 Å². The highest BCUT2D eigenvalue weighted by Gasteiger charge is 2.20. The number of amides is 2. The van der Waals surface area contributed by atoms with Crippen molar-refractivity contribution in [1.82, 2.24) is 25.0 Å². The molecule has 0 spiro atoms. The Balaban J connectivity index is 1.56. The van der Waals surface area contributed by atoms with E-state index in [9.17, 15) is 9.59 Å². The maximum Gasteiger partial charge on any atom is 0.251 e. The number of benzene rings is 1. The largest absolute Gasteiger partial charge is 0.345 e. The van der Waals surface area contributed by atoms with E-state index in [-0.39, 0.29) is 11.8 Å². The van der Waals surface area contributed by atoms with Gasteiger partial charge in [-0.05, 0) is 31.0 Å². The molecule has 1 aromatic carbocycles. The SMILES string of the molecule is CCn1cnnc1CNC(=O)c1ccc(CN2CCCC2=O)cc1. The van der Waals surface area contributed by atoms with Crippen LogP contribution in [0, 0.1) is 0 Å². The highest BCUT2D eigenvalue weighted by atomic mass is 16.2. The van der Waals surface area contributed by atoms with Crippen LogP contribution in [0.5, 0.6) is 0 Å². The molecule has 7 nitrogen and oxygen atoms in total. The van der Waals surface area contributed by atoms with E-state index in [2.05, 4.69) is 15.5 Å². The molecule has 3 rings (SSSR count). The van der Waals surface area contributed by atoms with E-state index in [4.69, 9.17) is 0 Å². The summed E-state index contributed by atoms with van der Waals surface area (Å²) >= 11 is 0. The maximum atomic E-state index is 12.2. The fraction of sp³-hybridized carbons (Fsp3) is 0.412. The van der Waals surface area contributed by atoms with E-state index < -0.39 is 0 Å². The number of carbonyl (C=O) groups is 2. The molecule has 2 aromatic rings. The number of aromatic nitrogens is 3. The summed E-state index contributed by atoms with van der Waals surface area (Å²) in [5.74, 6) is 0.788. The summed E-state index contributed by atoms with van der Waals surface area (Å²) in [4.78, 5) is 25.7. The van der Waals surface area contributed by atoms with Gasteiger partial charge in [-0.2, -0.15) is 0 Å². The molecule has 1 aliphatic rings. The molecule has 0 atom stereocenters. The average Bonchev–Trinajstić information content (AvgIpc) is 3.22. The van der Waals surface area contributed by atoms with Gasteiger partial charge >= 0.3 is 0 Å². The number of carbonyl (C=O) groups excluding carboxylic acids is 2. The maximum absolute atomic E-state index is 12.2. The molecule has 24 heavy (non-hydrogen) atoms. The van der Waals surface area contributed by atoms with Crippen molar-refractivity contribution in [2.24, 2.45) is 0 Å². The smallest absolute Gasteiger partial charge is 0.251 e. The molecule has 0 radical (unpaired) electrons. The molecule has 1 aliphatic heterocycles. The lowest BCUT2D eigenvalue weighted by Gasteiger charge is -2.15. The third-order valence-corrected chi connectivity index (χ3v) is 4.20. The van der Waals surface area contributed by atoms with Crippen molar-refractivity contribution < 1.29 is 9.59 Å². The van der Waals surface area contributed by atoms with E-state index >= 15 is 0 Å². The summed E-state index contributed by atoms with van der Waals surface area (Å²) < 4.78 is 1.89. The van der Waals surface area contributed by atoms with Crippen molar-refractivity contribution in [3.05, 3.63) is 47.5 Å². The molecule has 0 bridgehead atoms. The molecule has 0 aliphatic carbocycles. The lowest BCUT2D eigenvalue weighted by molar-refractivity contribution is -0.128. The zero-order valence-electron chi connectivity index (χ0n) is 13.7. The molecule has 1 saturated heterocycles. The topological polar surface area (TPSA) is 80.1 Å². The quantitative estimate of drug-likeness (QED) is 0.868. The van der Waals surface area contributed by atoms with Crippen molar-refractivity contribution in [1.29, 1.82) is 0 Å². The summed E-state index contributed by atoms with van der Waals surface area (Å²) in [5, 5.41) is 10.7. The number of hydrogen-bond acceptors (Lipinski definition) is 4. The second-order valence-corrected chi connectivity index (χ2v) is 5.83. The van der Waals surface area contributed by atoms with E-state index in [1.165, 1.54) is 0 Å². The van der Waals surface area contributed by atoms with Crippen molar-refractivity contribution in [3.8, 4) is 0 Å². The fourth-order valence-electron chi connectivity index (χ4n) is 2.79. The van der Waals surface area contributed by atoms with Crippen molar-refractivity contribution in [3.63, 3.8) is 0 Å². The molecule has 0 unspecified atom stereocenters. The number of nitrogens with one attached hydrogen (secondary N) is 1. The second-order valence-electron chi connectivity index (χ2n) is 5.83. The monoisotopic (exact) mass is 327 g/mol. The highest BCUT2D eigenvalue weighted by Crippen LogP contribution is 2.14. The molecule has 7 heteroatoms. The first kappa shape index (κ1) is 16.2. The number of nitrogens with zero attached hydrogens (tertiary/aromatic N) is 4. The molecule has 126 valence electrons. The second kappa shape index (κ2) is 7.25. The summed E-state index contributed by atoms with van der Waals surface area (Å²) in [6, 6.07) is 7.37. The Kier molecular flexibility index (Phi) is 4.88. The number of likely N-dealkylation sites (tertiary alicyclic amines) is 1. The van der Waals surface area contributed by atoms with Gasteiger partial charge in [-0.25, -0.2) is 0 Å². The Morgan fingerprint density at radius 1 is 1.29 bits per heavy atom. The highest BCUT2D eigenvalue weighted by molar-refractivity contribution is 5.94. The molecule has 1 N–H and O–H groups in total.